The van der Waals surface area contributed by atoms with Crippen molar-refractivity contribution in [1.82, 2.24) is 4.98 Å². The largest absolute Gasteiger partial charge is 0.416 e. The number of hydrogen-bond acceptors (Lipinski definition) is 5. The Bertz CT molecular complexity index is 1440. The van der Waals surface area contributed by atoms with E-state index in [1.165, 1.54) is 17.3 Å². The molecule has 2 aliphatic rings. The van der Waals surface area contributed by atoms with E-state index >= 15 is 0 Å². The van der Waals surface area contributed by atoms with Crippen LogP contribution in [0.5, 0.6) is 0 Å². The average molecular weight is 678 g/mol. The predicted octanol–water partition coefficient (Wildman–Crippen LogP) is 9.65. The van der Waals surface area contributed by atoms with Gasteiger partial charge in [-0.1, -0.05) is 80.5 Å². The summed E-state index contributed by atoms with van der Waals surface area (Å²) in [6.07, 6.45) is 5.07. The first kappa shape index (κ1) is 36.9. The van der Waals surface area contributed by atoms with E-state index in [4.69, 9.17) is 13.0 Å². The quantitative estimate of drug-likeness (QED) is 0.211. The van der Waals surface area contributed by atoms with Crippen molar-refractivity contribution in [2.45, 2.75) is 136 Å². The second-order valence-electron chi connectivity index (χ2n) is 18.2. The smallest absolute Gasteiger partial charge is 0.264 e. The van der Waals surface area contributed by atoms with Crippen LogP contribution in [0.25, 0.3) is 10.9 Å². The Kier molecular flexibility index (Phi) is 9.72. The highest BCUT2D eigenvalue weighted by molar-refractivity contribution is 7.85. The summed E-state index contributed by atoms with van der Waals surface area (Å²) in [5.41, 5.74) is 1.56. The SMILES string of the molecule is CC(C)(C)[Si](C)(C)OC[C@]1(C)[C@@H](O[Si](C)(C)C(C)(C)C)CC[C@@]2(C)[C@H]1CC[C@@H](COS(C)(=O)=O)[C@]2(C)c1cc2ccccc2[nH]1. The summed E-state index contributed by atoms with van der Waals surface area (Å²) in [6, 6.07) is 10.7. The summed E-state index contributed by atoms with van der Waals surface area (Å²) in [7, 11) is -7.70. The molecular formula is C36H63NO5SSi2. The minimum atomic E-state index is -3.58. The molecule has 1 heterocycles. The molecule has 256 valence electrons. The Hall–Kier alpha value is -0.976. The van der Waals surface area contributed by atoms with Gasteiger partial charge >= 0.3 is 0 Å². The summed E-state index contributed by atoms with van der Waals surface area (Å²) in [5.74, 6) is 0.342. The first-order chi connectivity index (χ1) is 20.3. The number of rotatable bonds is 9. The third-order valence-corrected chi connectivity index (χ3v) is 22.9. The van der Waals surface area contributed by atoms with E-state index in [0.29, 0.717) is 12.5 Å². The van der Waals surface area contributed by atoms with Crippen LogP contribution in [0.4, 0.5) is 0 Å². The molecule has 2 aromatic rings. The maximum atomic E-state index is 12.3. The molecule has 4 rings (SSSR count). The molecule has 2 aliphatic carbocycles. The highest BCUT2D eigenvalue weighted by atomic mass is 32.2. The van der Waals surface area contributed by atoms with Crippen LogP contribution >= 0.6 is 0 Å². The Morgan fingerprint density at radius 3 is 2.07 bits per heavy atom. The van der Waals surface area contributed by atoms with Crippen molar-refractivity contribution in [1.29, 1.82) is 0 Å². The molecule has 45 heavy (non-hydrogen) atoms. The number of fused-ring (bicyclic) bond motifs is 2. The molecule has 0 aliphatic heterocycles. The third kappa shape index (κ3) is 6.69. The molecule has 0 bridgehead atoms. The molecule has 2 saturated carbocycles. The zero-order chi connectivity index (χ0) is 34.1. The number of H-pyrrole nitrogens is 1. The fraction of sp³-hybridized carbons (Fsp3) is 0.778. The van der Waals surface area contributed by atoms with Crippen molar-refractivity contribution in [3.63, 3.8) is 0 Å². The van der Waals surface area contributed by atoms with Crippen molar-refractivity contribution >= 4 is 37.7 Å². The highest BCUT2D eigenvalue weighted by Crippen LogP contribution is 2.67. The van der Waals surface area contributed by atoms with Crippen LogP contribution in [0.3, 0.4) is 0 Å². The molecule has 0 spiro atoms. The summed E-state index contributed by atoms with van der Waals surface area (Å²) in [4.78, 5) is 3.81. The van der Waals surface area contributed by atoms with Gasteiger partial charge in [0.15, 0.2) is 16.6 Å². The molecule has 2 fully saturated rings. The van der Waals surface area contributed by atoms with Gasteiger partial charge in [-0.3, -0.25) is 4.18 Å². The summed E-state index contributed by atoms with van der Waals surface area (Å²) in [5, 5.41) is 1.40. The highest BCUT2D eigenvalue weighted by Gasteiger charge is 2.66. The fourth-order valence-electron chi connectivity index (χ4n) is 8.09. The van der Waals surface area contributed by atoms with Crippen LogP contribution in [0.1, 0.15) is 93.7 Å². The maximum Gasteiger partial charge on any atom is 0.264 e. The molecular weight excluding hydrogens is 615 g/mol. The monoisotopic (exact) mass is 677 g/mol. The zero-order valence-corrected chi connectivity index (χ0v) is 33.6. The lowest BCUT2D eigenvalue weighted by molar-refractivity contribution is -0.177. The van der Waals surface area contributed by atoms with Gasteiger partial charge in [0.2, 0.25) is 0 Å². The molecule has 0 saturated heterocycles. The molecule has 0 unspecified atom stereocenters. The lowest BCUT2D eigenvalue weighted by Crippen LogP contribution is -2.66. The van der Waals surface area contributed by atoms with E-state index in [2.05, 4.69) is 124 Å². The lowest BCUT2D eigenvalue weighted by Gasteiger charge is -2.67. The number of aromatic amines is 1. The van der Waals surface area contributed by atoms with E-state index < -0.39 is 26.8 Å². The van der Waals surface area contributed by atoms with Gasteiger partial charge in [-0.15, -0.1) is 0 Å². The van der Waals surface area contributed by atoms with E-state index in [0.717, 1.165) is 31.2 Å². The second-order valence-corrected chi connectivity index (χ2v) is 29.4. The average Bonchev–Trinajstić information content (AvgIpc) is 3.33. The van der Waals surface area contributed by atoms with E-state index in [-0.39, 0.29) is 45.0 Å². The fourth-order valence-corrected chi connectivity index (χ4v) is 11.1. The normalized spacial score (nSPS) is 32.1. The van der Waals surface area contributed by atoms with Crippen LogP contribution in [-0.4, -0.2) is 55.6 Å². The molecule has 9 heteroatoms. The van der Waals surface area contributed by atoms with E-state index in [9.17, 15) is 8.42 Å². The molecule has 1 N–H and O–H groups in total. The standard InChI is InChI=1S/C36H63NO5SSi2/c1-32(2,3)44(11,12)41-25-34(7)29-20-19-27(24-40-43(10,38)39)36(9,30-23-26-17-15-16-18-28(26)37-30)35(29,8)22-21-31(34)42-45(13,14)33(4,5)6/h15-18,23,27,29,31,37H,19-22,24-25H2,1-14H3/t27-,29-,31-,34-,35-,36+/m0/s1. The molecule has 6 atom stereocenters. The zero-order valence-electron chi connectivity index (χ0n) is 30.8. The predicted molar refractivity (Wildman–Crippen MR) is 193 cm³/mol. The van der Waals surface area contributed by atoms with Crippen molar-refractivity contribution in [3.05, 3.63) is 36.0 Å². The first-order valence-corrected chi connectivity index (χ1v) is 24.7. The van der Waals surface area contributed by atoms with Crippen LogP contribution in [0.15, 0.2) is 30.3 Å². The summed E-state index contributed by atoms with van der Waals surface area (Å²) >= 11 is 0. The first-order valence-electron chi connectivity index (χ1n) is 17.0. The van der Waals surface area contributed by atoms with Gasteiger partial charge in [0.25, 0.3) is 10.1 Å². The van der Waals surface area contributed by atoms with Gasteiger partial charge in [-0.2, -0.15) is 8.42 Å². The molecule has 0 amide bonds. The Morgan fingerprint density at radius 1 is 0.911 bits per heavy atom. The number of aromatic nitrogens is 1. The minimum Gasteiger partial charge on any atom is -0.416 e. The molecule has 0 radical (unpaired) electrons. The Labute approximate surface area is 277 Å². The molecule has 1 aromatic carbocycles. The maximum absolute atomic E-state index is 12.3. The van der Waals surface area contributed by atoms with Gasteiger partial charge in [0.05, 0.1) is 19.0 Å². The van der Waals surface area contributed by atoms with Gasteiger partial charge in [-0.25, -0.2) is 0 Å². The third-order valence-electron chi connectivity index (χ3n) is 13.4. The van der Waals surface area contributed by atoms with Gasteiger partial charge in [-0.05, 0) is 96.7 Å². The van der Waals surface area contributed by atoms with Crippen LogP contribution in [0, 0.1) is 22.7 Å². The van der Waals surface area contributed by atoms with E-state index in [1.54, 1.807) is 0 Å². The van der Waals surface area contributed by atoms with E-state index in [1.807, 2.05) is 0 Å². The second kappa shape index (κ2) is 11.9. The Balaban J connectivity index is 1.87. The summed E-state index contributed by atoms with van der Waals surface area (Å²) in [6.45, 7) is 31.6. The number of benzene rings is 1. The van der Waals surface area contributed by atoms with Crippen LogP contribution in [0.2, 0.25) is 36.3 Å². The molecule has 1 aromatic heterocycles. The number of nitrogens with one attached hydrogen (secondary N) is 1. The lowest BCUT2D eigenvalue weighted by atomic mass is 9.40. The van der Waals surface area contributed by atoms with Crippen LogP contribution in [-0.2, 0) is 28.6 Å². The van der Waals surface area contributed by atoms with Gasteiger partial charge in [0, 0.05) is 28.6 Å². The van der Waals surface area contributed by atoms with Gasteiger partial charge in [0.1, 0.15) is 0 Å². The molecule has 6 nitrogen and oxygen atoms in total. The van der Waals surface area contributed by atoms with Crippen molar-refractivity contribution < 1.29 is 21.5 Å². The number of para-hydroxylation sites is 1. The van der Waals surface area contributed by atoms with Crippen molar-refractivity contribution in [3.8, 4) is 0 Å². The van der Waals surface area contributed by atoms with Gasteiger partial charge < -0.3 is 13.8 Å². The minimum absolute atomic E-state index is 0.0324. The Morgan fingerprint density at radius 2 is 1.51 bits per heavy atom. The van der Waals surface area contributed by atoms with Crippen molar-refractivity contribution in [2.75, 3.05) is 19.5 Å². The summed E-state index contributed by atoms with van der Waals surface area (Å²) < 4.78 is 44.8. The van der Waals surface area contributed by atoms with Crippen molar-refractivity contribution in [2.24, 2.45) is 22.7 Å². The number of hydrogen-bond donors (Lipinski definition) is 1. The van der Waals surface area contributed by atoms with Crippen LogP contribution < -0.4 is 0 Å². The topological polar surface area (TPSA) is 77.6 Å².